The van der Waals surface area contributed by atoms with Crippen LogP contribution < -0.4 is 10.6 Å². The van der Waals surface area contributed by atoms with E-state index in [9.17, 15) is 4.79 Å². The quantitative estimate of drug-likeness (QED) is 0.704. The molecule has 1 aliphatic heterocycles. The molecule has 3 heteroatoms. The van der Waals surface area contributed by atoms with Crippen molar-refractivity contribution in [2.24, 2.45) is 11.3 Å². The highest BCUT2D eigenvalue weighted by atomic mass is 16.2. The smallest absolute Gasteiger partial charge is 0.223 e. The summed E-state index contributed by atoms with van der Waals surface area (Å²) in [7, 11) is 0. The minimum atomic E-state index is 0.275. The molecule has 80 valence electrons. The fourth-order valence-electron chi connectivity index (χ4n) is 2.06. The largest absolute Gasteiger partial charge is 0.355 e. The highest BCUT2D eigenvalue weighted by molar-refractivity contribution is 5.80. The maximum atomic E-state index is 11.5. The van der Waals surface area contributed by atoms with Crippen molar-refractivity contribution in [1.29, 1.82) is 0 Å². The number of nitrogens with one attached hydrogen (secondary N) is 2. The summed E-state index contributed by atoms with van der Waals surface area (Å²) in [6.07, 6.45) is 4.66. The molecule has 2 fully saturated rings. The average Bonchev–Trinajstić information content (AvgIpc) is 2.99. The molecule has 0 bridgehead atoms. The lowest BCUT2D eigenvalue weighted by molar-refractivity contribution is -0.122. The van der Waals surface area contributed by atoms with Gasteiger partial charge in [-0.1, -0.05) is 6.92 Å². The molecule has 0 aromatic rings. The van der Waals surface area contributed by atoms with Crippen molar-refractivity contribution in [2.75, 3.05) is 19.6 Å². The second-order valence-corrected chi connectivity index (χ2v) is 5.08. The molecule has 1 amide bonds. The van der Waals surface area contributed by atoms with E-state index in [1.807, 2.05) is 0 Å². The fraction of sp³-hybridized carbons (Fsp3) is 0.909. The highest BCUT2D eigenvalue weighted by Gasteiger charge is 2.32. The van der Waals surface area contributed by atoms with Crippen LogP contribution in [0.5, 0.6) is 0 Å². The molecule has 3 nitrogen and oxygen atoms in total. The van der Waals surface area contributed by atoms with Crippen LogP contribution in [0.25, 0.3) is 0 Å². The van der Waals surface area contributed by atoms with E-state index >= 15 is 0 Å². The summed E-state index contributed by atoms with van der Waals surface area (Å²) in [4.78, 5) is 11.5. The molecule has 1 atom stereocenters. The number of hydrogen-bond acceptors (Lipinski definition) is 2. The minimum absolute atomic E-state index is 0.275. The van der Waals surface area contributed by atoms with Crippen LogP contribution >= 0.6 is 0 Å². The van der Waals surface area contributed by atoms with Crippen LogP contribution in [-0.2, 0) is 4.79 Å². The molecule has 2 aliphatic rings. The third-order valence-corrected chi connectivity index (χ3v) is 3.32. The Kier molecular flexibility index (Phi) is 2.77. The first-order valence-corrected chi connectivity index (χ1v) is 5.68. The lowest BCUT2D eigenvalue weighted by atomic mass is 9.83. The van der Waals surface area contributed by atoms with Crippen molar-refractivity contribution in [3.05, 3.63) is 0 Å². The summed E-state index contributed by atoms with van der Waals surface area (Å²) in [5.41, 5.74) is 0.281. The lowest BCUT2D eigenvalue weighted by Crippen LogP contribution is -2.45. The predicted molar refractivity (Wildman–Crippen MR) is 55.9 cm³/mol. The molecule has 1 heterocycles. The maximum absolute atomic E-state index is 11.5. The van der Waals surface area contributed by atoms with Gasteiger partial charge in [0, 0.05) is 19.0 Å². The van der Waals surface area contributed by atoms with Gasteiger partial charge in [-0.3, -0.25) is 4.79 Å². The SMILES string of the molecule is CC1(CNC(=O)C2CC2)CCCNC1. The molecule has 1 saturated heterocycles. The third-order valence-electron chi connectivity index (χ3n) is 3.32. The van der Waals surface area contributed by atoms with Crippen molar-refractivity contribution in [3.63, 3.8) is 0 Å². The van der Waals surface area contributed by atoms with Gasteiger partial charge >= 0.3 is 0 Å². The number of carbonyl (C=O) groups excluding carboxylic acids is 1. The van der Waals surface area contributed by atoms with E-state index in [0.29, 0.717) is 5.92 Å². The van der Waals surface area contributed by atoms with Crippen LogP contribution in [-0.4, -0.2) is 25.5 Å². The summed E-state index contributed by atoms with van der Waals surface area (Å²) in [5, 5.41) is 6.47. The van der Waals surface area contributed by atoms with Gasteiger partial charge in [0.25, 0.3) is 0 Å². The van der Waals surface area contributed by atoms with Gasteiger partial charge in [0.2, 0.25) is 5.91 Å². The topological polar surface area (TPSA) is 41.1 Å². The molecular formula is C11H20N2O. The van der Waals surface area contributed by atoms with Crippen molar-refractivity contribution >= 4 is 5.91 Å². The summed E-state index contributed by atoms with van der Waals surface area (Å²) in [6, 6.07) is 0. The molecule has 14 heavy (non-hydrogen) atoms. The van der Waals surface area contributed by atoms with Crippen LogP contribution in [0.4, 0.5) is 0 Å². The van der Waals surface area contributed by atoms with E-state index in [1.54, 1.807) is 0 Å². The summed E-state index contributed by atoms with van der Waals surface area (Å²) in [5.74, 6) is 0.618. The highest BCUT2D eigenvalue weighted by Crippen LogP contribution is 2.30. The molecule has 0 aromatic carbocycles. The Balaban J connectivity index is 1.74. The molecule has 1 saturated carbocycles. The zero-order chi connectivity index (χ0) is 10.0. The lowest BCUT2D eigenvalue weighted by Gasteiger charge is -2.34. The first kappa shape index (κ1) is 9.97. The van der Waals surface area contributed by atoms with Crippen LogP contribution in [0.15, 0.2) is 0 Å². The van der Waals surface area contributed by atoms with Crippen molar-refractivity contribution in [2.45, 2.75) is 32.6 Å². The molecule has 0 aromatic heterocycles. The first-order valence-electron chi connectivity index (χ1n) is 5.68. The first-order chi connectivity index (χ1) is 6.70. The molecule has 2 rings (SSSR count). The molecule has 1 unspecified atom stereocenters. The number of piperidine rings is 1. The van der Waals surface area contributed by atoms with Crippen molar-refractivity contribution < 1.29 is 4.79 Å². The summed E-state index contributed by atoms with van der Waals surface area (Å²) < 4.78 is 0. The van der Waals surface area contributed by atoms with Crippen LogP contribution in [0, 0.1) is 11.3 Å². The zero-order valence-electron chi connectivity index (χ0n) is 8.94. The molecule has 1 aliphatic carbocycles. The van der Waals surface area contributed by atoms with Gasteiger partial charge in [0.1, 0.15) is 0 Å². The van der Waals surface area contributed by atoms with Gasteiger partial charge in [-0.15, -0.1) is 0 Å². The third kappa shape index (κ3) is 2.47. The van der Waals surface area contributed by atoms with E-state index in [1.165, 1.54) is 12.8 Å². The molecule has 0 spiro atoms. The Morgan fingerprint density at radius 1 is 1.57 bits per heavy atom. The van der Waals surface area contributed by atoms with E-state index in [0.717, 1.165) is 32.5 Å². The summed E-state index contributed by atoms with van der Waals surface area (Å²) >= 11 is 0. The molecule has 0 radical (unpaired) electrons. The van der Waals surface area contributed by atoms with E-state index in [4.69, 9.17) is 0 Å². The second kappa shape index (κ2) is 3.89. The predicted octanol–water partition coefficient (Wildman–Crippen LogP) is 0.902. The van der Waals surface area contributed by atoms with Crippen molar-refractivity contribution in [3.8, 4) is 0 Å². The van der Waals surface area contributed by atoms with Gasteiger partial charge in [0.15, 0.2) is 0 Å². The molecular weight excluding hydrogens is 176 g/mol. The Morgan fingerprint density at radius 3 is 2.93 bits per heavy atom. The van der Waals surface area contributed by atoms with Gasteiger partial charge < -0.3 is 10.6 Å². The Bertz CT molecular complexity index is 217. The number of rotatable bonds is 3. The van der Waals surface area contributed by atoms with E-state index in [2.05, 4.69) is 17.6 Å². The molecule has 2 N–H and O–H groups in total. The Morgan fingerprint density at radius 2 is 2.36 bits per heavy atom. The monoisotopic (exact) mass is 196 g/mol. The number of carbonyl (C=O) groups is 1. The van der Waals surface area contributed by atoms with E-state index in [-0.39, 0.29) is 11.3 Å². The van der Waals surface area contributed by atoms with Gasteiger partial charge in [-0.2, -0.15) is 0 Å². The fourth-order valence-corrected chi connectivity index (χ4v) is 2.06. The van der Waals surface area contributed by atoms with Crippen LogP contribution in [0.1, 0.15) is 32.6 Å². The van der Waals surface area contributed by atoms with Gasteiger partial charge in [-0.05, 0) is 37.6 Å². The zero-order valence-corrected chi connectivity index (χ0v) is 8.94. The summed E-state index contributed by atoms with van der Waals surface area (Å²) in [6.45, 7) is 5.27. The Labute approximate surface area is 85.6 Å². The second-order valence-electron chi connectivity index (χ2n) is 5.08. The van der Waals surface area contributed by atoms with Crippen LogP contribution in [0.2, 0.25) is 0 Å². The number of hydrogen-bond donors (Lipinski definition) is 2. The maximum Gasteiger partial charge on any atom is 0.223 e. The minimum Gasteiger partial charge on any atom is -0.355 e. The van der Waals surface area contributed by atoms with Crippen molar-refractivity contribution in [1.82, 2.24) is 10.6 Å². The average molecular weight is 196 g/mol. The number of amides is 1. The van der Waals surface area contributed by atoms with Crippen LogP contribution in [0.3, 0.4) is 0 Å². The Hall–Kier alpha value is -0.570. The van der Waals surface area contributed by atoms with Gasteiger partial charge in [0.05, 0.1) is 0 Å². The van der Waals surface area contributed by atoms with Gasteiger partial charge in [-0.25, -0.2) is 0 Å². The standard InChI is InChI=1S/C11H20N2O/c1-11(5-2-6-12-7-11)8-13-10(14)9-3-4-9/h9,12H,2-8H2,1H3,(H,13,14). The van der Waals surface area contributed by atoms with E-state index < -0.39 is 0 Å². The normalized spacial score (nSPS) is 32.6.